The van der Waals surface area contributed by atoms with Crippen LogP contribution >= 0.6 is 0 Å². The summed E-state index contributed by atoms with van der Waals surface area (Å²) in [5.41, 5.74) is 5.61. The summed E-state index contributed by atoms with van der Waals surface area (Å²) in [5.74, 6) is 1.18. The van der Waals surface area contributed by atoms with Crippen molar-refractivity contribution in [3.05, 3.63) is 70.8 Å². The number of benzene rings is 2. The van der Waals surface area contributed by atoms with E-state index in [-0.39, 0.29) is 11.8 Å². The second-order valence-corrected chi connectivity index (χ2v) is 5.74. The lowest BCUT2D eigenvalue weighted by Crippen LogP contribution is -2.35. The standard InChI is InChI=1S/C18H16O/c1-11(19)16-10-17-12-6-2-4-8-14(12)18(16)15-9-5-3-7-13(15)17/h2-9,16-18H,10H2,1H3. The van der Waals surface area contributed by atoms with E-state index in [1.165, 1.54) is 22.3 Å². The van der Waals surface area contributed by atoms with Gasteiger partial charge in [0.15, 0.2) is 0 Å². The molecule has 1 heteroatoms. The first-order chi connectivity index (χ1) is 9.27. The smallest absolute Gasteiger partial charge is 0.133 e. The lowest BCUT2D eigenvalue weighted by Gasteiger charge is -2.44. The number of fused-ring (bicyclic) bond motifs is 1. The first-order valence-electron chi connectivity index (χ1n) is 6.95. The monoisotopic (exact) mass is 248 g/mol. The van der Waals surface area contributed by atoms with E-state index in [9.17, 15) is 4.79 Å². The summed E-state index contributed by atoms with van der Waals surface area (Å²) in [5, 5.41) is 0. The van der Waals surface area contributed by atoms with Gasteiger partial charge in [0.1, 0.15) is 5.78 Å². The van der Waals surface area contributed by atoms with Gasteiger partial charge in [-0.1, -0.05) is 48.5 Å². The number of ketones is 1. The molecule has 0 radical (unpaired) electrons. The van der Waals surface area contributed by atoms with Gasteiger partial charge < -0.3 is 0 Å². The van der Waals surface area contributed by atoms with Crippen LogP contribution in [0.25, 0.3) is 0 Å². The Hall–Kier alpha value is -1.89. The minimum Gasteiger partial charge on any atom is -0.300 e. The van der Waals surface area contributed by atoms with Crippen molar-refractivity contribution in [1.82, 2.24) is 0 Å². The minimum atomic E-state index is 0.162. The maximum absolute atomic E-state index is 12.0. The van der Waals surface area contributed by atoms with Crippen LogP contribution in [0.2, 0.25) is 0 Å². The number of hydrogen-bond acceptors (Lipinski definition) is 1. The van der Waals surface area contributed by atoms with Gasteiger partial charge in [0.05, 0.1) is 0 Å². The average molecular weight is 248 g/mol. The molecule has 1 nitrogen and oxygen atoms in total. The predicted octanol–water partition coefficient (Wildman–Crippen LogP) is 3.87. The van der Waals surface area contributed by atoms with Crippen molar-refractivity contribution < 1.29 is 4.79 Å². The third-order valence-electron chi connectivity index (χ3n) is 4.83. The molecule has 0 saturated heterocycles. The van der Waals surface area contributed by atoms with Crippen LogP contribution < -0.4 is 0 Å². The highest BCUT2D eigenvalue weighted by Crippen LogP contribution is 2.55. The normalized spacial score (nSPS) is 26.7. The van der Waals surface area contributed by atoms with E-state index in [1.807, 2.05) is 0 Å². The summed E-state index contributed by atoms with van der Waals surface area (Å²) >= 11 is 0. The fourth-order valence-corrected chi connectivity index (χ4v) is 4.04. The topological polar surface area (TPSA) is 17.1 Å². The Labute approximate surface area is 113 Å². The number of rotatable bonds is 1. The fourth-order valence-electron chi connectivity index (χ4n) is 4.04. The molecule has 0 aliphatic heterocycles. The molecule has 3 aliphatic rings. The SMILES string of the molecule is CC(=O)C1CC2c3ccccc3C1c1ccccc12. The van der Waals surface area contributed by atoms with Crippen LogP contribution in [0, 0.1) is 5.92 Å². The Morgan fingerprint density at radius 2 is 1.37 bits per heavy atom. The lowest BCUT2D eigenvalue weighted by atomic mass is 9.58. The van der Waals surface area contributed by atoms with Crippen molar-refractivity contribution in [2.45, 2.75) is 25.2 Å². The molecule has 0 aromatic heterocycles. The molecule has 0 saturated carbocycles. The van der Waals surface area contributed by atoms with Crippen molar-refractivity contribution in [2.75, 3.05) is 0 Å². The zero-order chi connectivity index (χ0) is 13.0. The molecule has 0 fully saturated rings. The van der Waals surface area contributed by atoms with E-state index in [1.54, 1.807) is 6.92 Å². The summed E-state index contributed by atoms with van der Waals surface area (Å²) in [4.78, 5) is 12.0. The third kappa shape index (κ3) is 1.39. The second kappa shape index (κ2) is 3.80. The number of hydrogen-bond donors (Lipinski definition) is 0. The average Bonchev–Trinajstić information content (AvgIpc) is 2.47. The molecule has 0 spiro atoms. The molecule has 2 aromatic rings. The van der Waals surface area contributed by atoms with Crippen LogP contribution in [0.3, 0.4) is 0 Å². The molecule has 0 heterocycles. The van der Waals surface area contributed by atoms with Gasteiger partial charge in [-0.2, -0.15) is 0 Å². The number of Topliss-reactive ketones (excluding diaryl/α,β-unsaturated/α-hetero) is 1. The molecular formula is C18H16O. The molecular weight excluding hydrogens is 232 g/mol. The lowest BCUT2D eigenvalue weighted by molar-refractivity contribution is -0.121. The molecule has 1 atom stereocenters. The highest BCUT2D eigenvalue weighted by Gasteiger charge is 2.44. The maximum Gasteiger partial charge on any atom is 0.133 e. The Kier molecular flexibility index (Phi) is 2.20. The molecule has 3 aliphatic carbocycles. The zero-order valence-electron chi connectivity index (χ0n) is 11.0. The predicted molar refractivity (Wildman–Crippen MR) is 75.4 cm³/mol. The molecule has 0 N–H and O–H groups in total. The van der Waals surface area contributed by atoms with Crippen LogP contribution in [0.15, 0.2) is 48.5 Å². The summed E-state index contributed by atoms with van der Waals surface area (Å²) in [6, 6.07) is 17.3. The molecule has 2 bridgehead atoms. The minimum absolute atomic E-state index is 0.162. The van der Waals surface area contributed by atoms with E-state index in [2.05, 4.69) is 48.5 Å². The first-order valence-corrected chi connectivity index (χ1v) is 6.95. The van der Waals surface area contributed by atoms with Gasteiger partial charge in [0.25, 0.3) is 0 Å². The Morgan fingerprint density at radius 3 is 1.84 bits per heavy atom. The molecule has 1 unspecified atom stereocenters. The van der Waals surface area contributed by atoms with Crippen LogP contribution in [-0.2, 0) is 4.79 Å². The van der Waals surface area contributed by atoms with E-state index < -0.39 is 0 Å². The van der Waals surface area contributed by atoms with Gasteiger partial charge in [-0.05, 0) is 35.6 Å². The van der Waals surface area contributed by atoms with Crippen LogP contribution in [-0.4, -0.2) is 5.78 Å². The largest absolute Gasteiger partial charge is 0.300 e. The van der Waals surface area contributed by atoms with Gasteiger partial charge in [0.2, 0.25) is 0 Å². The van der Waals surface area contributed by atoms with Gasteiger partial charge >= 0.3 is 0 Å². The fraction of sp³-hybridized carbons (Fsp3) is 0.278. The molecule has 5 rings (SSSR count). The zero-order valence-corrected chi connectivity index (χ0v) is 11.0. The van der Waals surface area contributed by atoms with E-state index in [0.717, 1.165) is 6.42 Å². The molecule has 94 valence electrons. The van der Waals surface area contributed by atoms with E-state index >= 15 is 0 Å². The van der Waals surface area contributed by atoms with Crippen molar-refractivity contribution in [1.29, 1.82) is 0 Å². The Morgan fingerprint density at radius 1 is 0.895 bits per heavy atom. The second-order valence-electron chi connectivity index (χ2n) is 5.74. The Bertz CT molecular complexity index is 623. The molecule has 0 amide bonds. The first kappa shape index (κ1) is 11.0. The highest BCUT2D eigenvalue weighted by molar-refractivity contribution is 5.82. The van der Waals surface area contributed by atoms with Crippen molar-refractivity contribution in [3.8, 4) is 0 Å². The van der Waals surface area contributed by atoms with Gasteiger partial charge in [0, 0.05) is 17.8 Å². The summed E-state index contributed by atoms with van der Waals surface area (Å²) < 4.78 is 0. The van der Waals surface area contributed by atoms with Crippen LogP contribution in [0.4, 0.5) is 0 Å². The van der Waals surface area contributed by atoms with Crippen LogP contribution in [0.5, 0.6) is 0 Å². The number of carbonyl (C=O) groups excluding carboxylic acids is 1. The summed E-state index contributed by atoms with van der Waals surface area (Å²) in [6.07, 6.45) is 0.980. The summed E-state index contributed by atoms with van der Waals surface area (Å²) in [6.45, 7) is 1.75. The van der Waals surface area contributed by atoms with Gasteiger partial charge in [-0.3, -0.25) is 4.79 Å². The summed E-state index contributed by atoms with van der Waals surface area (Å²) in [7, 11) is 0. The van der Waals surface area contributed by atoms with Crippen molar-refractivity contribution in [3.63, 3.8) is 0 Å². The molecule has 19 heavy (non-hydrogen) atoms. The quantitative estimate of drug-likeness (QED) is 0.748. The third-order valence-corrected chi connectivity index (χ3v) is 4.83. The van der Waals surface area contributed by atoms with E-state index in [0.29, 0.717) is 11.7 Å². The van der Waals surface area contributed by atoms with Gasteiger partial charge in [-0.25, -0.2) is 0 Å². The van der Waals surface area contributed by atoms with Crippen molar-refractivity contribution in [2.24, 2.45) is 5.92 Å². The van der Waals surface area contributed by atoms with E-state index in [4.69, 9.17) is 0 Å². The number of carbonyl (C=O) groups is 1. The van der Waals surface area contributed by atoms with Gasteiger partial charge in [-0.15, -0.1) is 0 Å². The Balaban J connectivity index is 2.01. The highest BCUT2D eigenvalue weighted by atomic mass is 16.1. The molecule has 2 aromatic carbocycles. The maximum atomic E-state index is 12.0. The van der Waals surface area contributed by atoms with Crippen molar-refractivity contribution >= 4 is 5.78 Å². The van der Waals surface area contributed by atoms with Crippen LogP contribution in [0.1, 0.15) is 47.4 Å².